The number of rotatable bonds is 7. The smallest absolute Gasteiger partial charge is 0.223 e. The Hall–Kier alpha value is -2.24. The van der Waals surface area contributed by atoms with Crippen LogP contribution in [0.4, 0.5) is 0 Å². The summed E-state index contributed by atoms with van der Waals surface area (Å²) in [5.41, 5.74) is 2.34. The van der Waals surface area contributed by atoms with Crippen molar-refractivity contribution in [3.63, 3.8) is 0 Å². The van der Waals surface area contributed by atoms with E-state index in [1.54, 1.807) is 6.20 Å². The molecular formula is C21H25N3O2. The molecule has 0 bridgehead atoms. The number of aliphatic hydroxyl groups is 1. The Kier molecular flexibility index (Phi) is 5.00. The van der Waals surface area contributed by atoms with Gasteiger partial charge in [-0.15, -0.1) is 0 Å². The van der Waals surface area contributed by atoms with E-state index < -0.39 is 0 Å². The SMILES string of the molecule is O=C(NC[C@@H]1[C@@H](c2ccccc2)[C@@H](CO)N1Cc1cccnc1)C1CC1. The first-order valence-corrected chi connectivity index (χ1v) is 9.36. The lowest BCUT2D eigenvalue weighted by Crippen LogP contribution is -2.66. The fraction of sp³-hybridized carbons (Fsp3) is 0.429. The Balaban J connectivity index is 1.52. The van der Waals surface area contributed by atoms with Gasteiger partial charge in [0.25, 0.3) is 0 Å². The number of benzene rings is 1. The van der Waals surface area contributed by atoms with Crippen molar-refractivity contribution in [2.45, 2.75) is 37.4 Å². The van der Waals surface area contributed by atoms with Crippen molar-refractivity contribution < 1.29 is 9.90 Å². The number of hydrogen-bond acceptors (Lipinski definition) is 4. The fourth-order valence-corrected chi connectivity index (χ4v) is 4.03. The van der Waals surface area contributed by atoms with Crippen molar-refractivity contribution in [3.05, 3.63) is 66.0 Å². The van der Waals surface area contributed by atoms with Crippen LogP contribution in [0.2, 0.25) is 0 Å². The summed E-state index contributed by atoms with van der Waals surface area (Å²) < 4.78 is 0. The third-order valence-electron chi connectivity index (χ3n) is 5.57. The van der Waals surface area contributed by atoms with Gasteiger partial charge >= 0.3 is 0 Å². The molecule has 1 aliphatic carbocycles. The molecule has 3 atom stereocenters. The van der Waals surface area contributed by atoms with E-state index in [1.807, 2.05) is 30.5 Å². The molecule has 1 saturated heterocycles. The molecule has 1 saturated carbocycles. The average molecular weight is 351 g/mol. The lowest BCUT2D eigenvalue weighted by molar-refractivity contribution is -0.123. The number of nitrogens with one attached hydrogen (secondary N) is 1. The summed E-state index contributed by atoms with van der Waals surface area (Å²) in [6.45, 7) is 1.45. The molecule has 136 valence electrons. The lowest BCUT2D eigenvalue weighted by Gasteiger charge is -2.55. The molecule has 1 amide bonds. The molecule has 2 heterocycles. The first kappa shape index (κ1) is 17.2. The van der Waals surface area contributed by atoms with Gasteiger partial charge in [-0.1, -0.05) is 36.4 Å². The molecule has 2 aromatic rings. The molecule has 0 unspecified atom stereocenters. The van der Waals surface area contributed by atoms with Gasteiger partial charge in [0, 0.05) is 49.4 Å². The predicted molar refractivity (Wildman–Crippen MR) is 99.4 cm³/mol. The Bertz CT molecular complexity index is 733. The van der Waals surface area contributed by atoms with E-state index in [2.05, 4.69) is 33.4 Å². The van der Waals surface area contributed by atoms with Gasteiger partial charge in [-0.25, -0.2) is 0 Å². The molecule has 0 radical (unpaired) electrons. The van der Waals surface area contributed by atoms with Crippen LogP contribution in [0.1, 0.15) is 29.9 Å². The largest absolute Gasteiger partial charge is 0.395 e. The summed E-state index contributed by atoms with van der Waals surface area (Å²) in [5.74, 6) is 0.605. The van der Waals surface area contributed by atoms with Gasteiger partial charge in [0.2, 0.25) is 5.91 Å². The first-order chi connectivity index (χ1) is 12.8. The van der Waals surface area contributed by atoms with E-state index in [-0.39, 0.29) is 36.4 Å². The highest BCUT2D eigenvalue weighted by Gasteiger charge is 2.48. The van der Waals surface area contributed by atoms with Gasteiger partial charge in [0.15, 0.2) is 0 Å². The summed E-state index contributed by atoms with van der Waals surface area (Å²) >= 11 is 0. The zero-order valence-electron chi connectivity index (χ0n) is 14.8. The molecule has 2 fully saturated rings. The van der Waals surface area contributed by atoms with Gasteiger partial charge in [0.05, 0.1) is 6.61 Å². The number of pyridine rings is 1. The van der Waals surface area contributed by atoms with E-state index in [9.17, 15) is 9.90 Å². The Morgan fingerprint density at radius 3 is 2.62 bits per heavy atom. The van der Waals surface area contributed by atoms with Crippen LogP contribution in [0.3, 0.4) is 0 Å². The van der Waals surface area contributed by atoms with Gasteiger partial charge in [-0.2, -0.15) is 0 Å². The van der Waals surface area contributed by atoms with Crippen LogP contribution >= 0.6 is 0 Å². The molecule has 1 aromatic carbocycles. The molecule has 1 aliphatic heterocycles. The average Bonchev–Trinajstić information content (AvgIpc) is 3.52. The minimum Gasteiger partial charge on any atom is -0.395 e. The predicted octanol–water partition coefficient (Wildman–Crippen LogP) is 1.94. The second-order valence-corrected chi connectivity index (χ2v) is 7.31. The number of amides is 1. The molecule has 5 nitrogen and oxygen atoms in total. The number of carbonyl (C=O) groups excluding carboxylic acids is 1. The molecule has 5 heteroatoms. The van der Waals surface area contributed by atoms with Crippen molar-refractivity contribution in [2.75, 3.05) is 13.2 Å². The highest BCUT2D eigenvalue weighted by molar-refractivity contribution is 5.80. The van der Waals surface area contributed by atoms with Crippen LogP contribution in [-0.4, -0.2) is 46.1 Å². The van der Waals surface area contributed by atoms with E-state index in [0.29, 0.717) is 6.54 Å². The first-order valence-electron chi connectivity index (χ1n) is 9.36. The van der Waals surface area contributed by atoms with Crippen molar-refractivity contribution >= 4 is 5.91 Å². The normalized spacial score (nSPS) is 25.5. The molecule has 2 aliphatic rings. The molecule has 1 aromatic heterocycles. The van der Waals surface area contributed by atoms with E-state index in [4.69, 9.17) is 0 Å². The van der Waals surface area contributed by atoms with E-state index in [0.717, 1.165) is 24.9 Å². The fourth-order valence-electron chi connectivity index (χ4n) is 4.03. The summed E-state index contributed by atoms with van der Waals surface area (Å²) in [6.07, 6.45) is 5.65. The van der Waals surface area contributed by atoms with Gasteiger partial charge in [0.1, 0.15) is 0 Å². The van der Waals surface area contributed by atoms with E-state index in [1.165, 1.54) is 5.56 Å². The summed E-state index contributed by atoms with van der Waals surface area (Å²) in [5, 5.41) is 13.1. The number of nitrogens with zero attached hydrogens (tertiary/aromatic N) is 2. The highest BCUT2D eigenvalue weighted by atomic mass is 16.3. The van der Waals surface area contributed by atoms with Gasteiger partial charge in [-0.05, 0) is 30.0 Å². The number of aliphatic hydroxyl groups excluding tert-OH is 1. The maximum atomic E-state index is 12.1. The Morgan fingerprint density at radius 1 is 1.15 bits per heavy atom. The topological polar surface area (TPSA) is 65.5 Å². The maximum Gasteiger partial charge on any atom is 0.223 e. The number of aromatic nitrogens is 1. The van der Waals surface area contributed by atoms with Crippen LogP contribution in [0.5, 0.6) is 0 Å². The van der Waals surface area contributed by atoms with Crippen molar-refractivity contribution in [1.82, 2.24) is 15.2 Å². The van der Waals surface area contributed by atoms with Crippen molar-refractivity contribution in [3.8, 4) is 0 Å². The standard InChI is InChI=1S/C21H25N3O2/c25-14-19-20(16-6-2-1-3-7-16)18(12-23-21(26)17-8-9-17)24(19)13-15-5-4-10-22-11-15/h1-7,10-11,17-20,25H,8-9,12-14H2,(H,23,26)/t18-,19-,20-/m1/s1. The lowest BCUT2D eigenvalue weighted by atomic mass is 9.75. The van der Waals surface area contributed by atoms with Crippen LogP contribution in [0.15, 0.2) is 54.9 Å². The number of likely N-dealkylation sites (tertiary alicyclic amines) is 1. The van der Waals surface area contributed by atoms with Crippen LogP contribution < -0.4 is 5.32 Å². The van der Waals surface area contributed by atoms with Crippen LogP contribution in [0, 0.1) is 5.92 Å². The zero-order chi connectivity index (χ0) is 17.9. The zero-order valence-corrected chi connectivity index (χ0v) is 14.8. The Morgan fingerprint density at radius 2 is 1.96 bits per heavy atom. The highest BCUT2D eigenvalue weighted by Crippen LogP contribution is 2.41. The maximum absolute atomic E-state index is 12.1. The molecule has 0 spiro atoms. The van der Waals surface area contributed by atoms with Gasteiger partial charge in [-0.3, -0.25) is 14.7 Å². The third kappa shape index (κ3) is 3.50. The van der Waals surface area contributed by atoms with Crippen LogP contribution in [0.25, 0.3) is 0 Å². The monoisotopic (exact) mass is 351 g/mol. The summed E-state index contributed by atoms with van der Waals surface area (Å²) in [4.78, 5) is 18.6. The van der Waals surface area contributed by atoms with Crippen molar-refractivity contribution in [2.24, 2.45) is 5.92 Å². The number of carbonyl (C=O) groups is 1. The number of hydrogen-bond donors (Lipinski definition) is 2. The Labute approximate surface area is 154 Å². The second kappa shape index (κ2) is 7.56. The summed E-state index contributed by atoms with van der Waals surface area (Å²) in [7, 11) is 0. The molecule has 2 N–H and O–H groups in total. The van der Waals surface area contributed by atoms with Crippen LogP contribution in [-0.2, 0) is 11.3 Å². The second-order valence-electron chi connectivity index (χ2n) is 7.31. The third-order valence-corrected chi connectivity index (χ3v) is 5.57. The quantitative estimate of drug-likeness (QED) is 0.800. The molecule has 26 heavy (non-hydrogen) atoms. The molecular weight excluding hydrogens is 326 g/mol. The van der Waals surface area contributed by atoms with Crippen molar-refractivity contribution in [1.29, 1.82) is 0 Å². The van der Waals surface area contributed by atoms with E-state index >= 15 is 0 Å². The van der Waals surface area contributed by atoms with Gasteiger partial charge < -0.3 is 10.4 Å². The summed E-state index contributed by atoms with van der Waals surface area (Å²) in [6, 6.07) is 14.5. The minimum atomic E-state index is 0.0560. The minimum absolute atomic E-state index is 0.0560. The molecule has 4 rings (SSSR count).